The molecule has 1 aliphatic heterocycles. The van der Waals surface area contributed by atoms with Crippen molar-refractivity contribution in [1.29, 1.82) is 0 Å². The molecule has 0 amide bonds. The lowest BCUT2D eigenvalue weighted by molar-refractivity contribution is 0.579. The summed E-state index contributed by atoms with van der Waals surface area (Å²) in [5, 5.41) is 5.63. The number of aromatic nitrogens is 3. The molecule has 0 radical (unpaired) electrons. The molecule has 6 rings (SSSR count). The molecule has 5 aromatic rings. The maximum absolute atomic E-state index is 16.5. The van der Waals surface area contributed by atoms with Crippen molar-refractivity contribution in [3.05, 3.63) is 120 Å². The van der Waals surface area contributed by atoms with Gasteiger partial charge in [-0.1, -0.05) is 60.7 Å². The van der Waals surface area contributed by atoms with Gasteiger partial charge in [-0.3, -0.25) is 9.67 Å². The first kappa shape index (κ1) is 23.4. The summed E-state index contributed by atoms with van der Waals surface area (Å²) in [4.78, 5) is 6.07. The van der Waals surface area contributed by atoms with Crippen LogP contribution in [-0.4, -0.2) is 20.5 Å². The standard InChI is InChI=1S/C30H24F2N4S/c31-24-11-12-25(35(19-21-7-3-1-4-8-21)20-22-9-5-2-6-10-22)28(32)27(24)29-26(23-13-15-33-16-14-23)30-36(34-29)17-18-37-30/h1-16H,17-20H2. The van der Waals surface area contributed by atoms with Gasteiger partial charge in [0.05, 0.1) is 17.8 Å². The van der Waals surface area contributed by atoms with Crippen LogP contribution in [0.5, 0.6) is 0 Å². The highest BCUT2D eigenvalue weighted by Crippen LogP contribution is 2.44. The molecule has 37 heavy (non-hydrogen) atoms. The fourth-order valence-electron chi connectivity index (χ4n) is 4.76. The van der Waals surface area contributed by atoms with Gasteiger partial charge in [0.25, 0.3) is 0 Å². The minimum atomic E-state index is -0.627. The van der Waals surface area contributed by atoms with Crippen molar-refractivity contribution in [3.8, 4) is 22.4 Å². The van der Waals surface area contributed by atoms with Crippen molar-refractivity contribution in [1.82, 2.24) is 14.8 Å². The highest BCUT2D eigenvalue weighted by atomic mass is 32.2. The van der Waals surface area contributed by atoms with Gasteiger partial charge in [0.15, 0.2) is 5.82 Å². The minimum Gasteiger partial charge on any atom is -0.360 e. The van der Waals surface area contributed by atoms with Gasteiger partial charge in [0.1, 0.15) is 16.5 Å². The van der Waals surface area contributed by atoms with E-state index in [2.05, 4.69) is 4.98 Å². The first-order chi connectivity index (χ1) is 18.2. The van der Waals surface area contributed by atoms with Crippen LogP contribution < -0.4 is 4.90 Å². The van der Waals surface area contributed by atoms with Gasteiger partial charge in [0.2, 0.25) is 0 Å². The zero-order chi connectivity index (χ0) is 25.2. The summed E-state index contributed by atoms with van der Waals surface area (Å²) in [6.45, 7) is 1.66. The predicted molar refractivity (Wildman–Crippen MR) is 144 cm³/mol. The van der Waals surface area contributed by atoms with Gasteiger partial charge in [0, 0.05) is 36.8 Å². The predicted octanol–water partition coefficient (Wildman–Crippen LogP) is 7.20. The summed E-state index contributed by atoms with van der Waals surface area (Å²) in [6, 6.07) is 26.4. The van der Waals surface area contributed by atoms with Gasteiger partial charge >= 0.3 is 0 Å². The van der Waals surface area contributed by atoms with Gasteiger partial charge in [-0.15, -0.1) is 11.8 Å². The van der Waals surface area contributed by atoms with Crippen LogP contribution in [0.15, 0.2) is 102 Å². The second-order valence-electron chi connectivity index (χ2n) is 8.92. The summed E-state index contributed by atoms with van der Waals surface area (Å²) in [6.07, 6.45) is 3.38. The average molecular weight is 511 g/mol. The lowest BCUT2D eigenvalue weighted by atomic mass is 10.0. The average Bonchev–Trinajstić information content (AvgIpc) is 3.52. The fraction of sp³-hybridized carbons (Fsp3) is 0.133. The minimum absolute atomic E-state index is 0.0991. The first-order valence-electron chi connectivity index (χ1n) is 12.1. The van der Waals surface area contributed by atoms with E-state index in [1.807, 2.05) is 82.4 Å². The number of fused-ring (bicyclic) bond motifs is 1. The van der Waals surface area contributed by atoms with E-state index in [0.29, 0.717) is 31.0 Å². The highest BCUT2D eigenvalue weighted by molar-refractivity contribution is 7.99. The SMILES string of the molecule is Fc1ccc(N(Cc2ccccc2)Cc2ccccc2)c(F)c1-c1nn2c(c1-c1ccncc1)SCC2. The molecule has 3 heterocycles. The lowest BCUT2D eigenvalue weighted by Crippen LogP contribution is -2.23. The Morgan fingerprint density at radius 2 is 1.43 bits per heavy atom. The number of rotatable bonds is 7. The van der Waals surface area contributed by atoms with E-state index in [9.17, 15) is 0 Å². The molecule has 0 spiro atoms. The third kappa shape index (κ3) is 4.62. The zero-order valence-electron chi connectivity index (χ0n) is 20.0. The van der Waals surface area contributed by atoms with Crippen molar-refractivity contribution in [3.63, 3.8) is 0 Å². The van der Waals surface area contributed by atoms with Crippen molar-refractivity contribution >= 4 is 17.4 Å². The first-order valence-corrected chi connectivity index (χ1v) is 13.1. The molecule has 1 aliphatic rings. The molecule has 0 N–H and O–H groups in total. The quantitative estimate of drug-likeness (QED) is 0.232. The zero-order valence-corrected chi connectivity index (χ0v) is 20.8. The summed E-state index contributed by atoms with van der Waals surface area (Å²) < 4.78 is 33.8. The van der Waals surface area contributed by atoms with Gasteiger partial charge in [-0.05, 0) is 41.0 Å². The molecule has 3 aromatic carbocycles. The summed E-state index contributed by atoms with van der Waals surface area (Å²) in [5.74, 6) is -0.352. The smallest absolute Gasteiger partial charge is 0.158 e. The molecule has 0 saturated carbocycles. The molecule has 184 valence electrons. The molecule has 7 heteroatoms. The van der Waals surface area contributed by atoms with Gasteiger partial charge in [-0.2, -0.15) is 5.10 Å². The number of hydrogen-bond donors (Lipinski definition) is 0. The summed E-state index contributed by atoms with van der Waals surface area (Å²) >= 11 is 1.66. The number of anilines is 1. The Balaban J connectivity index is 1.49. The molecule has 0 saturated heterocycles. The number of benzene rings is 3. The normalized spacial score (nSPS) is 12.5. The summed E-state index contributed by atoms with van der Waals surface area (Å²) in [5.41, 5.74) is 4.23. The van der Waals surface area contributed by atoms with Crippen LogP contribution in [0.1, 0.15) is 11.1 Å². The third-order valence-electron chi connectivity index (χ3n) is 6.50. The topological polar surface area (TPSA) is 34.0 Å². The van der Waals surface area contributed by atoms with E-state index in [4.69, 9.17) is 5.10 Å². The van der Waals surface area contributed by atoms with Crippen LogP contribution in [-0.2, 0) is 19.6 Å². The monoisotopic (exact) mass is 510 g/mol. The van der Waals surface area contributed by atoms with Crippen LogP contribution in [0, 0.1) is 11.6 Å². The Bertz CT molecular complexity index is 1480. The number of halogens is 2. The molecular weight excluding hydrogens is 486 g/mol. The van der Waals surface area contributed by atoms with Crippen LogP contribution in [0.3, 0.4) is 0 Å². The Morgan fingerprint density at radius 1 is 0.784 bits per heavy atom. The van der Waals surface area contributed by atoms with E-state index < -0.39 is 11.6 Å². The number of nitrogens with zero attached hydrogens (tertiary/aromatic N) is 4. The molecule has 0 fully saturated rings. The van der Waals surface area contributed by atoms with E-state index >= 15 is 8.78 Å². The molecule has 0 atom stereocenters. The van der Waals surface area contributed by atoms with E-state index in [-0.39, 0.29) is 5.56 Å². The maximum Gasteiger partial charge on any atom is 0.158 e. The Hall–Kier alpha value is -3.97. The maximum atomic E-state index is 16.5. The van der Waals surface area contributed by atoms with Crippen LogP contribution in [0.2, 0.25) is 0 Å². The van der Waals surface area contributed by atoms with Crippen LogP contribution in [0.4, 0.5) is 14.5 Å². The van der Waals surface area contributed by atoms with Crippen molar-refractivity contribution in [2.75, 3.05) is 10.7 Å². The molecule has 0 unspecified atom stereocenters. The van der Waals surface area contributed by atoms with Crippen molar-refractivity contribution < 1.29 is 8.78 Å². The summed E-state index contributed by atoms with van der Waals surface area (Å²) in [7, 11) is 0. The highest BCUT2D eigenvalue weighted by Gasteiger charge is 2.29. The fourth-order valence-corrected chi connectivity index (χ4v) is 5.86. The van der Waals surface area contributed by atoms with E-state index in [0.717, 1.165) is 33.0 Å². The number of pyridine rings is 1. The molecule has 0 bridgehead atoms. The number of hydrogen-bond acceptors (Lipinski definition) is 4. The lowest BCUT2D eigenvalue weighted by Gasteiger charge is -2.26. The van der Waals surface area contributed by atoms with Crippen molar-refractivity contribution in [2.24, 2.45) is 0 Å². The molecular formula is C30H24F2N4S. The Morgan fingerprint density at radius 3 is 2.08 bits per heavy atom. The second-order valence-corrected chi connectivity index (χ2v) is 10.0. The third-order valence-corrected chi connectivity index (χ3v) is 7.57. The molecule has 2 aromatic heterocycles. The van der Waals surface area contributed by atoms with Gasteiger partial charge in [-0.25, -0.2) is 8.78 Å². The Labute approximate surface area is 218 Å². The van der Waals surface area contributed by atoms with E-state index in [1.54, 1.807) is 24.2 Å². The largest absolute Gasteiger partial charge is 0.360 e. The second kappa shape index (κ2) is 10.2. The van der Waals surface area contributed by atoms with E-state index in [1.165, 1.54) is 12.1 Å². The van der Waals surface area contributed by atoms with Crippen LogP contribution in [0.25, 0.3) is 22.4 Å². The van der Waals surface area contributed by atoms with Gasteiger partial charge < -0.3 is 4.90 Å². The van der Waals surface area contributed by atoms with Crippen LogP contribution >= 0.6 is 11.8 Å². The molecule has 4 nitrogen and oxygen atoms in total. The Kier molecular flexibility index (Phi) is 6.45. The number of thioether (sulfide) groups is 1. The molecule has 0 aliphatic carbocycles. The van der Waals surface area contributed by atoms with Crippen molar-refractivity contribution in [2.45, 2.75) is 24.7 Å². The number of aryl methyl sites for hydroxylation is 1.